The molecule has 0 saturated carbocycles. The molecule has 0 spiro atoms. The van der Waals surface area contributed by atoms with Crippen LogP contribution in [0.5, 0.6) is 0 Å². The van der Waals surface area contributed by atoms with Gasteiger partial charge in [-0.2, -0.15) is 0 Å². The van der Waals surface area contributed by atoms with Crippen LogP contribution in [-0.2, 0) is 4.74 Å². The fraction of sp³-hybridized carbons (Fsp3) is 1.00. The zero-order valence-corrected chi connectivity index (χ0v) is 6.55. The van der Waals surface area contributed by atoms with Gasteiger partial charge in [-0.25, -0.2) is 0 Å². The van der Waals surface area contributed by atoms with Crippen LogP contribution in [0.15, 0.2) is 0 Å². The molecule has 1 rings (SSSR count). The van der Waals surface area contributed by atoms with Crippen molar-refractivity contribution in [1.82, 2.24) is 10.6 Å². The summed E-state index contributed by atoms with van der Waals surface area (Å²) in [5.74, 6) is 0. The van der Waals surface area contributed by atoms with Gasteiger partial charge in [0.2, 0.25) is 5.18 Å². The number of methoxy groups -OCH3 is 1. The molecular formula is C5H12N2OS. The first kappa shape index (κ1) is 7.34. The van der Waals surface area contributed by atoms with Gasteiger partial charge in [-0.1, -0.05) is 11.8 Å². The van der Waals surface area contributed by atoms with Gasteiger partial charge in [0.25, 0.3) is 0 Å². The Kier molecular flexibility index (Phi) is 2.35. The third-order valence-corrected chi connectivity index (χ3v) is 2.45. The van der Waals surface area contributed by atoms with Gasteiger partial charge in [-0.15, -0.1) is 0 Å². The lowest BCUT2D eigenvalue weighted by Crippen LogP contribution is -2.47. The summed E-state index contributed by atoms with van der Waals surface area (Å²) in [5, 5.41) is 6.09. The number of thioether (sulfide) groups is 1. The molecular weight excluding hydrogens is 136 g/mol. The minimum Gasteiger partial charge on any atom is -0.342 e. The minimum atomic E-state index is -0.306. The third kappa shape index (κ3) is 1.38. The van der Waals surface area contributed by atoms with Gasteiger partial charge in [-0.3, -0.25) is 10.6 Å². The molecule has 2 N–H and O–H groups in total. The normalized spacial score (nSPS) is 24.7. The molecule has 0 aromatic rings. The molecule has 1 aliphatic rings. The van der Waals surface area contributed by atoms with Crippen LogP contribution in [0, 0.1) is 0 Å². The van der Waals surface area contributed by atoms with Crippen molar-refractivity contribution in [1.29, 1.82) is 0 Å². The molecule has 0 unspecified atom stereocenters. The summed E-state index contributed by atoms with van der Waals surface area (Å²) in [6.07, 6.45) is 2.01. The standard InChI is InChI=1S/C5H12N2OS/c1-8-5(9-2)6-3-4-7-5/h6-7H,3-4H2,1-2H3. The predicted molar refractivity (Wildman–Crippen MR) is 39.3 cm³/mol. The van der Waals surface area contributed by atoms with Gasteiger partial charge in [0.05, 0.1) is 0 Å². The van der Waals surface area contributed by atoms with Crippen LogP contribution in [0.3, 0.4) is 0 Å². The Hall–Kier alpha value is 0.230. The highest BCUT2D eigenvalue weighted by atomic mass is 32.2. The smallest absolute Gasteiger partial charge is 0.225 e. The molecule has 0 aromatic carbocycles. The van der Waals surface area contributed by atoms with Gasteiger partial charge in [0.15, 0.2) is 0 Å². The zero-order chi connectivity index (χ0) is 6.74. The Labute approximate surface area is 59.5 Å². The molecule has 1 saturated heterocycles. The lowest BCUT2D eigenvalue weighted by atomic mass is 10.7. The first-order valence-corrected chi connectivity index (χ1v) is 4.16. The maximum atomic E-state index is 5.19. The molecule has 54 valence electrons. The minimum absolute atomic E-state index is 0.306. The van der Waals surface area contributed by atoms with E-state index < -0.39 is 0 Å². The van der Waals surface area contributed by atoms with E-state index in [1.54, 1.807) is 18.9 Å². The number of rotatable bonds is 2. The van der Waals surface area contributed by atoms with E-state index in [1.807, 2.05) is 6.26 Å². The van der Waals surface area contributed by atoms with E-state index >= 15 is 0 Å². The van der Waals surface area contributed by atoms with Crippen molar-refractivity contribution in [3.8, 4) is 0 Å². The van der Waals surface area contributed by atoms with E-state index in [9.17, 15) is 0 Å². The average Bonchev–Trinajstić information content (AvgIpc) is 2.36. The van der Waals surface area contributed by atoms with Crippen LogP contribution in [0.1, 0.15) is 0 Å². The molecule has 0 bridgehead atoms. The lowest BCUT2D eigenvalue weighted by Gasteiger charge is -2.24. The van der Waals surface area contributed by atoms with Crippen LogP contribution in [-0.4, -0.2) is 31.6 Å². The molecule has 3 nitrogen and oxygen atoms in total. The Balaban J connectivity index is 2.45. The van der Waals surface area contributed by atoms with Gasteiger partial charge >= 0.3 is 0 Å². The first-order chi connectivity index (χ1) is 4.33. The van der Waals surface area contributed by atoms with Crippen LogP contribution in [0.2, 0.25) is 0 Å². The van der Waals surface area contributed by atoms with E-state index in [-0.39, 0.29) is 5.18 Å². The van der Waals surface area contributed by atoms with E-state index in [2.05, 4.69) is 10.6 Å². The summed E-state index contributed by atoms with van der Waals surface area (Å²) in [7, 11) is 1.70. The Morgan fingerprint density at radius 2 is 2.00 bits per heavy atom. The van der Waals surface area contributed by atoms with Crippen molar-refractivity contribution < 1.29 is 4.74 Å². The summed E-state index contributed by atoms with van der Waals surface area (Å²) in [5.41, 5.74) is 0. The van der Waals surface area contributed by atoms with E-state index in [0.29, 0.717) is 0 Å². The molecule has 4 heteroatoms. The molecule has 0 aromatic heterocycles. The SMILES string of the molecule is COC1(SC)NCCN1. The molecule has 0 radical (unpaired) electrons. The second-order valence-corrected chi connectivity index (χ2v) is 2.86. The van der Waals surface area contributed by atoms with Gasteiger partial charge in [0.1, 0.15) is 0 Å². The third-order valence-electron chi connectivity index (χ3n) is 1.42. The zero-order valence-electron chi connectivity index (χ0n) is 5.73. The van der Waals surface area contributed by atoms with Crippen LogP contribution in [0.4, 0.5) is 0 Å². The van der Waals surface area contributed by atoms with Gasteiger partial charge < -0.3 is 4.74 Å². The summed E-state index contributed by atoms with van der Waals surface area (Å²) in [4.78, 5) is 0. The molecule has 1 heterocycles. The first-order valence-electron chi connectivity index (χ1n) is 2.93. The molecule has 1 aliphatic heterocycles. The van der Waals surface area contributed by atoms with Crippen LogP contribution in [0.25, 0.3) is 0 Å². The summed E-state index contributed by atoms with van der Waals surface area (Å²) in [6, 6.07) is 0. The summed E-state index contributed by atoms with van der Waals surface area (Å²) >= 11 is 1.64. The van der Waals surface area contributed by atoms with Crippen molar-refractivity contribution in [3.63, 3.8) is 0 Å². The fourth-order valence-electron chi connectivity index (χ4n) is 0.889. The number of ether oxygens (including phenoxy) is 1. The van der Waals surface area contributed by atoms with Crippen LogP contribution < -0.4 is 10.6 Å². The van der Waals surface area contributed by atoms with Crippen molar-refractivity contribution in [3.05, 3.63) is 0 Å². The number of hydrogen-bond donors (Lipinski definition) is 2. The second-order valence-electron chi connectivity index (χ2n) is 1.88. The Morgan fingerprint density at radius 3 is 2.22 bits per heavy atom. The van der Waals surface area contributed by atoms with Gasteiger partial charge in [0, 0.05) is 20.2 Å². The molecule has 0 aliphatic carbocycles. The second kappa shape index (κ2) is 2.88. The highest BCUT2D eigenvalue weighted by molar-refractivity contribution is 7.99. The average molecular weight is 148 g/mol. The molecule has 0 amide bonds. The van der Waals surface area contributed by atoms with E-state index in [0.717, 1.165) is 13.1 Å². The molecule has 9 heavy (non-hydrogen) atoms. The maximum Gasteiger partial charge on any atom is 0.225 e. The van der Waals surface area contributed by atoms with Gasteiger partial charge in [-0.05, 0) is 6.26 Å². The van der Waals surface area contributed by atoms with Crippen molar-refractivity contribution in [2.75, 3.05) is 26.5 Å². The Morgan fingerprint density at radius 1 is 1.44 bits per heavy atom. The van der Waals surface area contributed by atoms with Crippen molar-refractivity contribution in [2.24, 2.45) is 0 Å². The van der Waals surface area contributed by atoms with Crippen LogP contribution >= 0.6 is 11.8 Å². The van der Waals surface area contributed by atoms with E-state index in [1.165, 1.54) is 0 Å². The maximum absolute atomic E-state index is 5.19. The predicted octanol–water partition coefficient (Wildman–Crippen LogP) is -0.200. The largest absolute Gasteiger partial charge is 0.342 e. The monoisotopic (exact) mass is 148 g/mol. The summed E-state index contributed by atoms with van der Waals surface area (Å²) in [6.45, 7) is 1.96. The highest BCUT2D eigenvalue weighted by Gasteiger charge is 2.31. The van der Waals surface area contributed by atoms with Crippen molar-refractivity contribution in [2.45, 2.75) is 5.18 Å². The lowest BCUT2D eigenvalue weighted by molar-refractivity contribution is 0.0410. The fourth-order valence-corrected chi connectivity index (χ4v) is 1.55. The van der Waals surface area contributed by atoms with Crippen molar-refractivity contribution >= 4 is 11.8 Å². The Bertz CT molecular complexity index is 87.0. The molecule has 1 fully saturated rings. The number of hydrogen-bond acceptors (Lipinski definition) is 4. The quantitative estimate of drug-likeness (QED) is 0.531. The highest BCUT2D eigenvalue weighted by Crippen LogP contribution is 2.18. The summed E-state index contributed by atoms with van der Waals surface area (Å²) < 4.78 is 5.19. The van der Waals surface area contributed by atoms with E-state index in [4.69, 9.17) is 4.74 Å². The topological polar surface area (TPSA) is 33.3 Å². The number of nitrogens with one attached hydrogen (secondary N) is 2. The molecule has 0 atom stereocenters.